The molecule has 7 atom stereocenters. The number of para-hydroxylation sites is 1. The van der Waals surface area contributed by atoms with E-state index in [4.69, 9.17) is 17.2 Å². The second kappa shape index (κ2) is 27.5. The monoisotopic (exact) mass is 1000 g/mol. The van der Waals surface area contributed by atoms with Crippen LogP contribution in [0.1, 0.15) is 75.6 Å². The van der Waals surface area contributed by atoms with E-state index in [0.717, 1.165) is 44.5 Å². The van der Waals surface area contributed by atoms with Gasteiger partial charge in [-0.15, -0.1) is 0 Å². The Kier molecular flexibility index (Phi) is 21.3. The maximum Gasteiger partial charge on any atom is 0.244 e. The molecule has 2 aromatic heterocycles. The normalized spacial score (nSPS) is 20.5. The molecule has 2 aromatic carbocycles. The van der Waals surface area contributed by atoms with Crippen LogP contribution in [0, 0.1) is 11.8 Å². The topological polar surface area (TPSA) is 332 Å². The third kappa shape index (κ3) is 17.1. The molecule has 5 rings (SSSR count). The number of amides is 6. The van der Waals surface area contributed by atoms with Gasteiger partial charge >= 0.3 is 0 Å². The fraction of sp³-hybridized carbons (Fsp3) is 0.458. The average molecular weight is 1000 g/mol. The van der Waals surface area contributed by atoms with Gasteiger partial charge in [0, 0.05) is 85.1 Å². The molecule has 0 bridgehead atoms. The Morgan fingerprint density at radius 2 is 1.59 bits per heavy atom. The van der Waals surface area contributed by atoms with E-state index in [2.05, 4.69) is 46.5 Å². The van der Waals surface area contributed by atoms with Crippen molar-refractivity contribution >= 4 is 85.5 Å². The maximum atomic E-state index is 14.6. The van der Waals surface area contributed by atoms with Crippen LogP contribution < -0.4 is 43.8 Å². The van der Waals surface area contributed by atoms with Crippen molar-refractivity contribution < 1.29 is 38.4 Å². The number of rotatable bonds is 20. The van der Waals surface area contributed by atoms with Crippen LogP contribution in [0.25, 0.3) is 10.9 Å². The third-order valence-electron chi connectivity index (χ3n) is 11.8. The van der Waals surface area contributed by atoms with Crippen LogP contribution in [0.4, 0.5) is 0 Å². The molecule has 0 aliphatic carbocycles. The molecule has 6 amide bonds. The molecule has 0 saturated carbocycles. The number of fused-ring (bicyclic) bond motifs is 1. The summed E-state index contributed by atoms with van der Waals surface area (Å²) in [5.74, 6) is -7.14. The highest BCUT2D eigenvalue weighted by atomic mass is 33.1. The number of aliphatic imine (C=N–C) groups is 1. The van der Waals surface area contributed by atoms with Gasteiger partial charge in [-0.1, -0.05) is 89.9 Å². The van der Waals surface area contributed by atoms with Crippen LogP contribution in [0.5, 0.6) is 0 Å². The van der Waals surface area contributed by atoms with Crippen molar-refractivity contribution in [2.24, 2.45) is 34.0 Å². The number of aromatic amines is 2. The summed E-state index contributed by atoms with van der Waals surface area (Å²) < 4.78 is 0. The first-order valence-electron chi connectivity index (χ1n) is 23.3. The number of carbonyl (C=O) groups excluding carboxylic acids is 8. The van der Waals surface area contributed by atoms with Crippen LogP contribution in [-0.4, -0.2) is 116 Å². The molecule has 4 aromatic rings. The number of Topliss-reactive ketones (excluding diaryl/α,β-unsaturated/α-hetero) is 2. The van der Waals surface area contributed by atoms with Crippen LogP contribution >= 0.6 is 21.6 Å². The predicted octanol–water partition coefficient (Wildman–Crippen LogP) is 1.64. The number of carbonyl (C=O) groups is 8. The fourth-order valence-electron chi connectivity index (χ4n) is 8.06. The number of hydrogen-bond acceptors (Lipinski definition) is 12. The standard InChI is InChI=1S/C48H64N12O8S2/c1-3-4-15-36(56-28(2)61)45(66)60-40-26-70-69-25-39(42(63)21-31(43(49)64)19-32-23-54-35-16-9-8-14-34(32)35)59-44(65)30(13-10-17-53-48(50)51)20-41(62)37(18-29-11-6-5-7-12-29)57-46(67)38(58-47(40)68)22-33-24-52-27-55-33/h5-9,11-12,14,16,23-24,27,30-31,36-40,54H,3-4,10,13,15,17-22,25-26H2,1-2H3,(H2,49,64)(H,52,55)(H,56,61)(H,57,67)(H,58,68)(H,59,65)(H,60,66)(H4,50,51,53)/t30-,31-,36+,37-,38+,39+,40+/m1/s1. The Morgan fingerprint density at radius 1 is 0.857 bits per heavy atom. The minimum absolute atomic E-state index is 0.0266. The van der Waals surface area contributed by atoms with E-state index in [-0.39, 0.29) is 69.0 Å². The highest BCUT2D eigenvalue weighted by Crippen LogP contribution is 2.27. The number of hydrogen-bond donors (Lipinski definition) is 10. The van der Waals surface area contributed by atoms with Gasteiger partial charge in [0.15, 0.2) is 17.5 Å². The van der Waals surface area contributed by atoms with Gasteiger partial charge in [0.2, 0.25) is 35.4 Å². The molecular weight excluding hydrogens is 937 g/mol. The fourth-order valence-corrected chi connectivity index (χ4v) is 10.4. The average Bonchev–Trinajstić information content (AvgIpc) is 4.00. The van der Waals surface area contributed by atoms with Gasteiger partial charge in [-0.3, -0.25) is 43.3 Å². The first kappa shape index (κ1) is 54.3. The SMILES string of the molecule is CCCC[C@H](NC(C)=O)C(=O)N[C@H]1CSSC[C@@H](C(=O)C[C@@H](Cc2c[nH]c3ccccc23)C(N)=O)NC(=O)[C@H](CCCN=C(N)N)CC(=O)[C@@H](Cc2ccccc2)NC(=O)[C@H](Cc2cnc[nH]2)NC1=O. The van der Waals surface area contributed by atoms with Crippen molar-refractivity contribution in [1.29, 1.82) is 0 Å². The molecule has 0 radical (unpaired) electrons. The molecule has 0 unspecified atom stereocenters. The van der Waals surface area contributed by atoms with E-state index >= 15 is 0 Å². The van der Waals surface area contributed by atoms with E-state index in [1.165, 1.54) is 19.4 Å². The summed E-state index contributed by atoms with van der Waals surface area (Å²) in [6, 6.07) is 10.5. The van der Waals surface area contributed by atoms with E-state index < -0.39 is 89.1 Å². The molecule has 20 nitrogen and oxygen atoms in total. The van der Waals surface area contributed by atoms with Gasteiger partial charge in [-0.05, 0) is 49.3 Å². The van der Waals surface area contributed by atoms with Crippen molar-refractivity contribution in [2.45, 2.75) is 108 Å². The van der Waals surface area contributed by atoms with Gasteiger partial charge in [-0.25, -0.2) is 4.98 Å². The van der Waals surface area contributed by atoms with E-state index in [9.17, 15) is 38.4 Å². The number of benzene rings is 2. The first-order chi connectivity index (χ1) is 33.6. The molecule has 376 valence electrons. The Labute approximate surface area is 414 Å². The lowest BCUT2D eigenvalue weighted by atomic mass is 9.89. The first-order valence-corrected chi connectivity index (χ1v) is 25.8. The van der Waals surface area contributed by atoms with Crippen molar-refractivity contribution in [3.05, 3.63) is 90.1 Å². The Balaban J connectivity index is 1.52. The number of aromatic nitrogens is 3. The number of nitrogens with one attached hydrogen (secondary N) is 7. The van der Waals surface area contributed by atoms with Crippen LogP contribution in [0.15, 0.2) is 78.3 Å². The van der Waals surface area contributed by atoms with Crippen LogP contribution in [0.3, 0.4) is 0 Å². The number of nitrogens with two attached hydrogens (primary N) is 3. The minimum atomic E-state index is -1.29. The lowest BCUT2D eigenvalue weighted by molar-refractivity contribution is -0.135. The van der Waals surface area contributed by atoms with E-state index in [1.807, 2.05) is 31.2 Å². The molecule has 1 aliphatic rings. The van der Waals surface area contributed by atoms with Crippen molar-refractivity contribution in [2.75, 3.05) is 18.1 Å². The smallest absolute Gasteiger partial charge is 0.244 e. The zero-order chi connectivity index (χ0) is 50.6. The molecular formula is C48H64N12O8S2. The number of imidazole rings is 1. The number of guanidine groups is 1. The predicted molar refractivity (Wildman–Crippen MR) is 270 cm³/mol. The second-order valence-corrected chi connectivity index (χ2v) is 19.9. The van der Waals surface area contributed by atoms with Crippen molar-refractivity contribution in [1.82, 2.24) is 41.5 Å². The van der Waals surface area contributed by atoms with Gasteiger partial charge in [0.05, 0.1) is 18.4 Å². The zero-order valence-corrected chi connectivity index (χ0v) is 41.0. The molecule has 22 heteroatoms. The molecule has 0 spiro atoms. The molecule has 1 saturated heterocycles. The number of primary amides is 1. The summed E-state index contributed by atoms with van der Waals surface area (Å²) in [6.07, 6.45) is 6.09. The minimum Gasteiger partial charge on any atom is -0.370 e. The Hall–Kier alpha value is -6.68. The molecule has 1 aliphatic heterocycles. The summed E-state index contributed by atoms with van der Waals surface area (Å²) in [5, 5.41) is 14.8. The summed E-state index contributed by atoms with van der Waals surface area (Å²) in [4.78, 5) is 126. The molecule has 3 heterocycles. The second-order valence-electron chi connectivity index (χ2n) is 17.3. The lowest BCUT2D eigenvalue weighted by Gasteiger charge is -2.26. The lowest BCUT2D eigenvalue weighted by Crippen LogP contribution is -2.59. The van der Waals surface area contributed by atoms with E-state index in [0.29, 0.717) is 24.1 Å². The maximum absolute atomic E-state index is 14.6. The van der Waals surface area contributed by atoms with Gasteiger partial charge in [0.1, 0.15) is 18.1 Å². The summed E-state index contributed by atoms with van der Waals surface area (Å²) in [5.41, 5.74) is 19.9. The Bertz CT molecular complexity index is 2450. The largest absolute Gasteiger partial charge is 0.370 e. The van der Waals surface area contributed by atoms with Gasteiger partial charge in [-0.2, -0.15) is 0 Å². The van der Waals surface area contributed by atoms with Crippen molar-refractivity contribution in [3.8, 4) is 0 Å². The van der Waals surface area contributed by atoms with Crippen LogP contribution in [0.2, 0.25) is 0 Å². The van der Waals surface area contributed by atoms with E-state index in [1.54, 1.807) is 36.5 Å². The number of unbranched alkanes of at least 4 members (excludes halogenated alkanes) is 1. The van der Waals surface area contributed by atoms with Crippen molar-refractivity contribution in [3.63, 3.8) is 0 Å². The summed E-state index contributed by atoms with van der Waals surface area (Å²) in [6.45, 7) is 3.36. The van der Waals surface area contributed by atoms with Crippen LogP contribution in [-0.2, 0) is 57.6 Å². The molecule has 1 fully saturated rings. The zero-order valence-electron chi connectivity index (χ0n) is 39.4. The summed E-state index contributed by atoms with van der Waals surface area (Å²) >= 11 is 0. The number of ketones is 2. The summed E-state index contributed by atoms with van der Waals surface area (Å²) in [7, 11) is 2.25. The highest BCUT2D eigenvalue weighted by Gasteiger charge is 2.35. The number of H-pyrrole nitrogens is 2. The Morgan fingerprint density at radius 3 is 2.29 bits per heavy atom. The van der Waals surface area contributed by atoms with Gasteiger partial charge in [0.25, 0.3) is 0 Å². The number of nitrogens with zero attached hydrogens (tertiary/aromatic N) is 2. The molecule has 70 heavy (non-hydrogen) atoms. The highest BCUT2D eigenvalue weighted by molar-refractivity contribution is 8.76. The quantitative estimate of drug-likeness (QED) is 0.0261. The molecule has 13 N–H and O–H groups in total. The third-order valence-corrected chi connectivity index (χ3v) is 14.3. The van der Waals surface area contributed by atoms with Gasteiger partial charge < -0.3 is 53.8 Å².